The molecule has 1 aromatic rings. The molecule has 0 aromatic heterocycles. The molecule has 0 aliphatic carbocycles. The molecular weight excluding hydrogens is 362 g/mol. The third kappa shape index (κ3) is 4.37. The number of hydrogen-bond acceptors (Lipinski definition) is 2. The van der Waals surface area contributed by atoms with E-state index < -0.39 is 0 Å². The molecule has 0 aliphatic rings. The fraction of sp³-hybridized carbons (Fsp3) is 0.462. The number of likely N-dealkylation sites (N-methyl/N-ethyl adjacent to an activating group) is 1. The van der Waals surface area contributed by atoms with Gasteiger partial charge in [-0.15, -0.1) is 0 Å². The summed E-state index contributed by atoms with van der Waals surface area (Å²) in [5.74, 6) is 0.0246. The predicted molar refractivity (Wildman–Crippen MR) is 79.9 cm³/mol. The van der Waals surface area contributed by atoms with Crippen LogP contribution < -0.4 is 0 Å². The number of halogens is 2. The molecule has 0 N–H and O–H groups in total. The third-order valence-electron chi connectivity index (χ3n) is 2.54. The van der Waals surface area contributed by atoms with Gasteiger partial charge in [-0.3, -0.25) is 4.79 Å². The van der Waals surface area contributed by atoms with Gasteiger partial charge in [-0.25, -0.2) is 0 Å². The van der Waals surface area contributed by atoms with Crippen molar-refractivity contribution in [3.05, 3.63) is 32.7 Å². The summed E-state index contributed by atoms with van der Waals surface area (Å²) in [6, 6.07) is 5.57. The standard InChI is InChI=1S/C13H17Br2NO2/c1-3-16(7-8-18-4-2)13(17)11-6-5-10(14)9-12(11)15/h5-6,9H,3-4,7-8H2,1-2H3. The maximum Gasteiger partial charge on any atom is 0.255 e. The van der Waals surface area contributed by atoms with Gasteiger partial charge in [0.05, 0.1) is 12.2 Å². The van der Waals surface area contributed by atoms with Crippen molar-refractivity contribution in [3.8, 4) is 0 Å². The summed E-state index contributed by atoms with van der Waals surface area (Å²) in [5, 5.41) is 0. The first-order valence-corrected chi connectivity index (χ1v) is 7.50. The van der Waals surface area contributed by atoms with Crippen LogP contribution in [0.2, 0.25) is 0 Å². The fourth-order valence-electron chi connectivity index (χ4n) is 1.56. The molecule has 3 nitrogen and oxygen atoms in total. The summed E-state index contributed by atoms with van der Waals surface area (Å²) in [4.78, 5) is 14.1. The first-order chi connectivity index (χ1) is 8.60. The first kappa shape index (κ1) is 15.7. The van der Waals surface area contributed by atoms with Gasteiger partial charge in [-0.2, -0.15) is 0 Å². The molecule has 0 heterocycles. The fourth-order valence-corrected chi connectivity index (χ4v) is 2.77. The van der Waals surface area contributed by atoms with Crippen LogP contribution >= 0.6 is 31.9 Å². The molecular formula is C13H17Br2NO2. The second-order valence-corrected chi connectivity index (χ2v) is 5.48. The Kier molecular flexibility index (Phi) is 6.89. The van der Waals surface area contributed by atoms with Crippen molar-refractivity contribution < 1.29 is 9.53 Å². The zero-order valence-electron chi connectivity index (χ0n) is 10.6. The summed E-state index contributed by atoms with van der Waals surface area (Å²) >= 11 is 6.79. The van der Waals surface area contributed by atoms with Crippen molar-refractivity contribution in [2.75, 3.05) is 26.3 Å². The van der Waals surface area contributed by atoms with Crippen molar-refractivity contribution >= 4 is 37.8 Å². The summed E-state index contributed by atoms with van der Waals surface area (Å²) < 4.78 is 7.04. The van der Waals surface area contributed by atoms with E-state index in [1.165, 1.54) is 0 Å². The van der Waals surface area contributed by atoms with E-state index in [9.17, 15) is 4.79 Å². The highest BCUT2D eigenvalue weighted by atomic mass is 79.9. The van der Waals surface area contributed by atoms with E-state index >= 15 is 0 Å². The molecule has 0 saturated carbocycles. The van der Waals surface area contributed by atoms with Crippen LogP contribution in [0, 0.1) is 0 Å². The molecule has 0 unspecified atom stereocenters. The van der Waals surface area contributed by atoms with E-state index in [4.69, 9.17) is 4.74 Å². The maximum absolute atomic E-state index is 12.3. The van der Waals surface area contributed by atoms with Crippen LogP contribution in [0.4, 0.5) is 0 Å². The Labute approximate surface area is 125 Å². The van der Waals surface area contributed by atoms with Gasteiger partial charge in [0.2, 0.25) is 0 Å². The molecule has 0 fully saturated rings. The van der Waals surface area contributed by atoms with Crippen LogP contribution in [0.3, 0.4) is 0 Å². The highest BCUT2D eigenvalue weighted by Crippen LogP contribution is 2.23. The van der Waals surface area contributed by atoms with Crippen molar-refractivity contribution in [3.63, 3.8) is 0 Å². The van der Waals surface area contributed by atoms with Crippen LogP contribution in [-0.4, -0.2) is 37.1 Å². The third-order valence-corrected chi connectivity index (χ3v) is 3.69. The number of carbonyl (C=O) groups is 1. The lowest BCUT2D eigenvalue weighted by atomic mass is 10.2. The van der Waals surface area contributed by atoms with Crippen LogP contribution in [0.5, 0.6) is 0 Å². The highest BCUT2D eigenvalue weighted by molar-refractivity contribution is 9.11. The molecule has 1 aromatic carbocycles. The lowest BCUT2D eigenvalue weighted by Gasteiger charge is -2.21. The number of amides is 1. The van der Waals surface area contributed by atoms with Gasteiger partial charge in [0, 0.05) is 28.6 Å². The maximum atomic E-state index is 12.3. The number of ether oxygens (including phenoxy) is 1. The SMILES string of the molecule is CCOCCN(CC)C(=O)c1ccc(Br)cc1Br. The van der Waals surface area contributed by atoms with E-state index in [2.05, 4.69) is 31.9 Å². The van der Waals surface area contributed by atoms with Crippen LogP contribution in [0.1, 0.15) is 24.2 Å². The quantitative estimate of drug-likeness (QED) is 0.706. The Morgan fingerprint density at radius 3 is 2.61 bits per heavy atom. The molecule has 0 atom stereocenters. The highest BCUT2D eigenvalue weighted by Gasteiger charge is 2.16. The first-order valence-electron chi connectivity index (χ1n) is 5.92. The summed E-state index contributed by atoms with van der Waals surface area (Å²) in [6.07, 6.45) is 0. The van der Waals surface area contributed by atoms with Gasteiger partial charge in [-0.1, -0.05) is 15.9 Å². The van der Waals surface area contributed by atoms with E-state index in [0.29, 0.717) is 31.9 Å². The average Bonchev–Trinajstić information content (AvgIpc) is 2.34. The number of nitrogens with zero attached hydrogens (tertiary/aromatic N) is 1. The number of hydrogen-bond donors (Lipinski definition) is 0. The second kappa shape index (κ2) is 7.92. The normalized spacial score (nSPS) is 10.4. The lowest BCUT2D eigenvalue weighted by Crippen LogP contribution is -2.34. The number of rotatable bonds is 6. The zero-order valence-corrected chi connectivity index (χ0v) is 13.8. The molecule has 1 amide bonds. The van der Waals surface area contributed by atoms with Gasteiger partial charge in [0.15, 0.2) is 0 Å². The monoisotopic (exact) mass is 377 g/mol. The minimum absolute atomic E-state index is 0.0246. The molecule has 0 bridgehead atoms. The van der Waals surface area contributed by atoms with Gasteiger partial charge in [0.25, 0.3) is 5.91 Å². The van der Waals surface area contributed by atoms with Gasteiger partial charge in [-0.05, 0) is 48.0 Å². The van der Waals surface area contributed by atoms with Crippen molar-refractivity contribution in [2.45, 2.75) is 13.8 Å². The van der Waals surface area contributed by atoms with Crippen LogP contribution in [0.25, 0.3) is 0 Å². The Balaban J connectivity index is 2.76. The minimum atomic E-state index is 0.0246. The Morgan fingerprint density at radius 2 is 2.06 bits per heavy atom. The second-order valence-electron chi connectivity index (χ2n) is 3.71. The Hall–Kier alpha value is -0.390. The lowest BCUT2D eigenvalue weighted by molar-refractivity contribution is 0.0668. The van der Waals surface area contributed by atoms with Gasteiger partial charge < -0.3 is 9.64 Å². The molecule has 18 heavy (non-hydrogen) atoms. The van der Waals surface area contributed by atoms with E-state index in [0.717, 1.165) is 8.95 Å². The van der Waals surface area contributed by atoms with E-state index in [1.54, 1.807) is 4.90 Å². The Morgan fingerprint density at radius 1 is 1.33 bits per heavy atom. The number of benzene rings is 1. The molecule has 0 spiro atoms. The molecule has 100 valence electrons. The molecule has 0 saturated heterocycles. The van der Waals surface area contributed by atoms with Crippen molar-refractivity contribution in [1.82, 2.24) is 4.90 Å². The molecule has 0 aliphatic heterocycles. The van der Waals surface area contributed by atoms with Gasteiger partial charge >= 0.3 is 0 Å². The predicted octanol–water partition coefficient (Wildman–Crippen LogP) is 3.71. The minimum Gasteiger partial charge on any atom is -0.380 e. The van der Waals surface area contributed by atoms with Gasteiger partial charge in [0.1, 0.15) is 0 Å². The average molecular weight is 379 g/mol. The number of carbonyl (C=O) groups excluding carboxylic acids is 1. The van der Waals surface area contributed by atoms with Crippen LogP contribution in [0.15, 0.2) is 27.1 Å². The van der Waals surface area contributed by atoms with E-state index in [-0.39, 0.29) is 5.91 Å². The van der Waals surface area contributed by atoms with Crippen LogP contribution in [-0.2, 0) is 4.74 Å². The largest absolute Gasteiger partial charge is 0.380 e. The van der Waals surface area contributed by atoms with E-state index in [1.807, 2.05) is 32.0 Å². The zero-order chi connectivity index (χ0) is 13.5. The molecule has 0 radical (unpaired) electrons. The van der Waals surface area contributed by atoms with Crippen molar-refractivity contribution in [1.29, 1.82) is 0 Å². The van der Waals surface area contributed by atoms with Crippen molar-refractivity contribution in [2.24, 2.45) is 0 Å². The summed E-state index contributed by atoms with van der Waals surface area (Å²) in [6.45, 7) is 6.46. The smallest absolute Gasteiger partial charge is 0.255 e. The Bertz CT molecular complexity index is 410. The molecule has 5 heteroatoms. The topological polar surface area (TPSA) is 29.5 Å². The summed E-state index contributed by atoms with van der Waals surface area (Å²) in [5.41, 5.74) is 0.677. The summed E-state index contributed by atoms with van der Waals surface area (Å²) in [7, 11) is 0. The molecule has 1 rings (SSSR count).